The average molecular weight is 217 g/mol. The molecule has 0 radical (unpaired) electrons. The summed E-state index contributed by atoms with van der Waals surface area (Å²) in [4.78, 5) is 12.1. The molecule has 0 aromatic heterocycles. The maximum atomic E-state index is 12.1. The van der Waals surface area contributed by atoms with Gasteiger partial charge in [0.1, 0.15) is 5.78 Å². The highest BCUT2D eigenvalue weighted by molar-refractivity contribution is 5.88. The minimum absolute atomic E-state index is 0.129. The van der Waals surface area contributed by atoms with Crippen LogP contribution in [0.5, 0.6) is 0 Å². The number of carbonyl (C=O) groups is 1. The quantitative estimate of drug-likeness (QED) is 0.838. The first-order valence-electron chi connectivity index (χ1n) is 6.18. The summed E-state index contributed by atoms with van der Waals surface area (Å²) in [5.74, 6) is 0.541. The number of ketones is 1. The fraction of sp³-hybridized carbons (Fsp3) is 0.500. The molecule has 2 heteroatoms. The highest BCUT2D eigenvalue weighted by Gasteiger charge is 2.24. The number of nitrogens with one attached hydrogen (secondary N) is 1. The van der Waals surface area contributed by atoms with Gasteiger partial charge in [-0.15, -0.1) is 0 Å². The molecule has 1 aliphatic heterocycles. The van der Waals surface area contributed by atoms with Crippen LogP contribution in [-0.2, 0) is 4.79 Å². The second kappa shape index (κ2) is 5.15. The van der Waals surface area contributed by atoms with Gasteiger partial charge in [0.15, 0.2) is 0 Å². The van der Waals surface area contributed by atoms with Crippen LogP contribution in [0.25, 0.3) is 0 Å². The van der Waals surface area contributed by atoms with Crippen molar-refractivity contribution in [1.29, 1.82) is 0 Å². The molecule has 1 aromatic rings. The first-order valence-corrected chi connectivity index (χ1v) is 6.18. The first-order chi connectivity index (χ1) is 7.83. The van der Waals surface area contributed by atoms with Gasteiger partial charge < -0.3 is 5.32 Å². The number of Topliss-reactive ketones (excluding diaryl/α,β-unsaturated/α-hetero) is 1. The zero-order chi connectivity index (χ0) is 11.4. The van der Waals surface area contributed by atoms with Gasteiger partial charge in [-0.25, -0.2) is 0 Å². The van der Waals surface area contributed by atoms with Crippen LogP contribution in [0.3, 0.4) is 0 Å². The number of anilines is 1. The third-order valence-corrected chi connectivity index (χ3v) is 3.25. The predicted octanol–water partition coefficient (Wildman–Crippen LogP) is 3.35. The molecule has 0 saturated heterocycles. The van der Waals surface area contributed by atoms with Crippen LogP contribution in [0, 0.1) is 0 Å². The molecule has 0 bridgehead atoms. The zero-order valence-corrected chi connectivity index (χ0v) is 9.83. The van der Waals surface area contributed by atoms with E-state index in [1.165, 1.54) is 5.56 Å². The standard InChI is InChI=1S/C14H19NO/c1-2-3-8-14(16)12-9-10-15-13-7-5-4-6-11(12)13/h4-7,12,15H,2-3,8-10H2,1H3. The molecular formula is C14H19NO. The molecule has 0 aliphatic carbocycles. The number of benzene rings is 1. The van der Waals surface area contributed by atoms with Gasteiger partial charge in [0.05, 0.1) is 0 Å². The van der Waals surface area contributed by atoms with Crippen molar-refractivity contribution in [3.63, 3.8) is 0 Å². The van der Waals surface area contributed by atoms with Gasteiger partial charge in [0.2, 0.25) is 0 Å². The lowest BCUT2D eigenvalue weighted by Crippen LogP contribution is -2.22. The molecule has 1 aliphatic rings. The zero-order valence-electron chi connectivity index (χ0n) is 9.83. The summed E-state index contributed by atoms with van der Waals surface area (Å²) in [5, 5.41) is 3.35. The van der Waals surface area contributed by atoms with E-state index in [9.17, 15) is 4.79 Å². The maximum absolute atomic E-state index is 12.1. The molecule has 1 atom stereocenters. The summed E-state index contributed by atoms with van der Waals surface area (Å²) in [5.41, 5.74) is 2.33. The summed E-state index contributed by atoms with van der Waals surface area (Å²) < 4.78 is 0. The van der Waals surface area contributed by atoms with Gasteiger partial charge in [-0.1, -0.05) is 31.5 Å². The number of unbranched alkanes of at least 4 members (excludes halogenated alkanes) is 1. The Morgan fingerprint density at radius 2 is 2.25 bits per heavy atom. The van der Waals surface area contributed by atoms with Crippen molar-refractivity contribution < 1.29 is 4.79 Å². The third kappa shape index (κ3) is 2.26. The monoisotopic (exact) mass is 217 g/mol. The highest BCUT2D eigenvalue weighted by atomic mass is 16.1. The second-order valence-electron chi connectivity index (χ2n) is 4.43. The Balaban J connectivity index is 2.15. The molecule has 86 valence electrons. The minimum Gasteiger partial charge on any atom is -0.385 e. The van der Waals surface area contributed by atoms with Crippen molar-refractivity contribution >= 4 is 11.5 Å². The Morgan fingerprint density at radius 3 is 3.06 bits per heavy atom. The fourth-order valence-electron chi connectivity index (χ4n) is 2.33. The summed E-state index contributed by atoms with van der Waals surface area (Å²) in [6.45, 7) is 3.04. The minimum atomic E-state index is 0.129. The summed E-state index contributed by atoms with van der Waals surface area (Å²) in [6.07, 6.45) is 3.79. The van der Waals surface area contributed by atoms with Crippen LogP contribution in [0.1, 0.15) is 44.1 Å². The predicted molar refractivity (Wildman–Crippen MR) is 66.8 cm³/mol. The van der Waals surface area contributed by atoms with Crippen molar-refractivity contribution in [3.05, 3.63) is 29.8 Å². The Labute approximate surface area is 97.1 Å². The molecule has 0 amide bonds. The van der Waals surface area contributed by atoms with E-state index >= 15 is 0 Å². The van der Waals surface area contributed by atoms with Crippen molar-refractivity contribution in [2.45, 2.75) is 38.5 Å². The van der Waals surface area contributed by atoms with Gasteiger partial charge in [0.25, 0.3) is 0 Å². The average Bonchev–Trinajstić information content (AvgIpc) is 2.35. The Hall–Kier alpha value is -1.31. The molecule has 1 N–H and O–H groups in total. The highest BCUT2D eigenvalue weighted by Crippen LogP contribution is 2.32. The van der Waals surface area contributed by atoms with E-state index < -0.39 is 0 Å². The number of hydrogen-bond donors (Lipinski definition) is 1. The number of fused-ring (bicyclic) bond motifs is 1. The molecule has 1 heterocycles. The second-order valence-corrected chi connectivity index (χ2v) is 4.43. The van der Waals surface area contributed by atoms with Crippen molar-refractivity contribution in [2.24, 2.45) is 0 Å². The van der Waals surface area contributed by atoms with E-state index in [2.05, 4.69) is 24.4 Å². The Kier molecular flexibility index (Phi) is 3.60. The number of para-hydroxylation sites is 1. The van der Waals surface area contributed by atoms with Crippen molar-refractivity contribution in [1.82, 2.24) is 0 Å². The van der Waals surface area contributed by atoms with E-state index in [0.717, 1.165) is 37.9 Å². The molecule has 16 heavy (non-hydrogen) atoms. The molecule has 0 saturated carbocycles. The molecule has 0 spiro atoms. The molecule has 2 rings (SSSR count). The SMILES string of the molecule is CCCCC(=O)C1CCNc2ccccc21. The molecular weight excluding hydrogens is 198 g/mol. The van der Waals surface area contributed by atoms with E-state index in [1.807, 2.05) is 12.1 Å². The molecule has 0 fully saturated rings. The molecule has 1 aromatic carbocycles. The van der Waals surface area contributed by atoms with Gasteiger partial charge in [0, 0.05) is 24.6 Å². The topological polar surface area (TPSA) is 29.1 Å². The maximum Gasteiger partial charge on any atom is 0.140 e. The normalized spacial score (nSPS) is 18.7. The van der Waals surface area contributed by atoms with Crippen LogP contribution < -0.4 is 5.32 Å². The van der Waals surface area contributed by atoms with Crippen LogP contribution in [0.15, 0.2) is 24.3 Å². The summed E-state index contributed by atoms with van der Waals surface area (Å²) >= 11 is 0. The van der Waals surface area contributed by atoms with Crippen LogP contribution in [0.4, 0.5) is 5.69 Å². The first kappa shape index (κ1) is 11.2. The number of hydrogen-bond acceptors (Lipinski definition) is 2. The van der Waals surface area contributed by atoms with Crippen LogP contribution in [-0.4, -0.2) is 12.3 Å². The summed E-state index contributed by atoms with van der Waals surface area (Å²) in [7, 11) is 0. The van der Waals surface area contributed by atoms with Gasteiger partial charge in [-0.3, -0.25) is 4.79 Å². The van der Waals surface area contributed by atoms with Crippen LogP contribution in [0.2, 0.25) is 0 Å². The summed E-state index contributed by atoms with van der Waals surface area (Å²) in [6, 6.07) is 8.18. The molecule has 2 nitrogen and oxygen atoms in total. The third-order valence-electron chi connectivity index (χ3n) is 3.25. The largest absolute Gasteiger partial charge is 0.385 e. The smallest absolute Gasteiger partial charge is 0.140 e. The lowest BCUT2D eigenvalue weighted by atomic mass is 9.86. The fourth-order valence-corrected chi connectivity index (χ4v) is 2.33. The van der Waals surface area contributed by atoms with Crippen LogP contribution >= 0.6 is 0 Å². The van der Waals surface area contributed by atoms with Crippen molar-refractivity contribution in [2.75, 3.05) is 11.9 Å². The van der Waals surface area contributed by atoms with Crippen molar-refractivity contribution in [3.8, 4) is 0 Å². The Bertz CT molecular complexity index is 373. The molecule has 1 unspecified atom stereocenters. The Morgan fingerprint density at radius 1 is 1.44 bits per heavy atom. The lowest BCUT2D eigenvalue weighted by molar-refractivity contribution is -0.120. The number of carbonyl (C=O) groups excluding carboxylic acids is 1. The van der Waals surface area contributed by atoms with Gasteiger partial charge in [-0.05, 0) is 24.5 Å². The van der Waals surface area contributed by atoms with Gasteiger partial charge in [-0.2, -0.15) is 0 Å². The van der Waals surface area contributed by atoms with E-state index in [4.69, 9.17) is 0 Å². The van der Waals surface area contributed by atoms with E-state index in [-0.39, 0.29) is 5.92 Å². The van der Waals surface area contributed by atoms with E-state index in [0.29, 0.717) is 5.78 Å². The van der Waals surface area contributed by atoms with Gasteiger partial charge >= 0.3 is 0 Å². The lowest BCUT2D eigenvalue weighted by Gasteiger charge is -2.25. The number of rotatable bonds is 4. The van der Waals surface area contributed by atoms with E-state index in [1.54, 1.807) is 0 Å².